The molecule has 5 nitrogen and oxygen atoms in total. The lowest BCUT2D eigenvalue weighted by Crippen LogP contribution is -2.24. The number of hydrogen-bond donors (Lipinski definition) is 1. The van der Waals surface area contributed by atoms with E-state index in [4.69, 9.17) is 9.47 Å². The predicted octanol–water partition coefficient (Wildman–Crippen LogP) is 4.01. The normalized spacial score (nSPS) is 10.7. The highest BCUT2D eigenvalue weighted by Crippen LogP contribution is 2.16. The van der Waals surface area contributed by atoms with Gasteiger partial charge in [0.25, 0.3) is 5.91 Å². The Hall–Kier alpha value is -2.82. The molecule has 1 N–H and O–H groups in total. The Morgan fingerprint density at radius 3 is 2.46 bits per heavy atom. The van der Waals surface area contributed by atoms with Crippen molar-refractivity contribution in [3.8, 4) is 11.5 Å². The average molecular weight is 354 g/mol. The number of unbranched alkanes of at least 4 members (excludes halogenated alkanes) is 1. The topological polar surface area (TPSA) is 59.9 Å². The van der Waals surface area contributed by atoms with Crippen LogP contribution in [-0.2, 0) is 4.79 Å². The van der Waals surface area contributed by atoms with E-state index in [0.717, 1.165) is 36.3 Å². The zero-order chi connectivity index (χ0) is 18.8. The first-order valence-electron chi connectivity index (χ1n) is 8.83. The van der Waals surface area contributed by atoms with Crippen molar-refractivity contribution in [1.82, 2.24) is 5.43 Å². The van der Waals surface area contributed by atoms with E-state index in [-0.39, 0.29) is 12.5 Å². The molecule has 0 aromatic heterocycles. The number of carbonyl (C=O) groups excluding carboxylic acids is 1. The van der Waals surface area contributed by atoms with Gasteiger partial charge in [-0.05, 0) is 73.4 Å². The van der Waals surface area contributed by atoms with Crippen molar-refractivity contribution in [3.63, 3.8) is 0 Å². The molecule has 0 fully saturated rings. The van der Waals surface area contributed by atoms with Crippen molar-refractivity contribution in [2.75, 3.05) is 13.2 Å². The largest absolute Gasteiger partial charge is 0.494 e. The van der Waals surface area contributed by atoms with Crippen LogP contribution >= 0.6 is 0 Å². The SMILES string of the molecule is CCCCOc1ccc(/C=N/NC(=O)COc2ccc(C)c(C)c2)cc1. The molecule has 5 heteroatoms. The highest BCUT2D eigenvalue weighted by Gasteiger charge is 2.02. The van der Waals surface area contributed by atoms with Gasteiger partial charge in [-0.15, -0.1) is 0 Å². The van der Waals surface area contributed by atoms with Gasteiger partial charge in [0.1, 0.15) is 11.5 Å². The molecule has 138 valence electrons. The first-order chi connectivity index (χ1) is 12.6. The minimum atomic E-state index is -0.306. The zero-order valence-corrected chi connectivity index (χ0v) is 15.6. The van der Waals surface area contributed by atoms with E-state index in [1.807, 2.05) is 56.3 Å². The first kappa shape index (κ1) is 19.5. The van der Waals surface area contributed by atoms with Crippen LogP contribution < -0.4 is 14.9 Å². The number of rotatable bonds is 9. The molecule has 2 rings (SSSR count). The highest BCUT2D eigenvalue weighted by molar-refractivity contribution is 5.83. The molecular weight excluding hydrogens is 328 g/mol. The molecule has 0 bridgehead atoms. The maximum atomic E-state index is 11.8. The van der Waals surface area contributed by atoms with E-state index in [1.165, 1.54) is 5.56 Å². The van der Waals surface area contributed by atoms with Gasteiger partial charge in [0, 0.05) is 0 Å². The Balaban J connectivity index is 1.74. The van der Waals surface area contributed by atoms with E-state index in [0.29, 0.717) is 5.75 Å². The molecule has 1 amide bonds. The maximum absolute atomic E-state index is 11.8. The van der Waals surface area contributed by atoms with Gasteiger partial charge in [0.05, 0.1) is 12.8 Å². The van der Waals surface area contributed by atoms with Crippen molar-refractivity contribution < 1.29 is 14.3 Å². The minimum Gasteiger partial charge on any atom is -0.494 e. The summed E-state index contributed by atoms with van der Waals surface area (Å²) in [4.78, 5) is 11.8. The molecule has 0 aliphatic heterocycles. The maximum Gasteiger partial charge on any atom is 0.277 e. The van der Waals surface area contributed by atoms with Crippen molar-refractivity contribution in [2.24, 2.45) is 5.10 Å². The second-order valence-electron chi connectivity index (χ2n) is 6.10. The third-order valence-corrected chi connectivity index (χ3v) is 3.90. The van der Waals surface area contributed by atoms with E-state index in [9.17, 15) is 4.79 Å². The van der Waals surface area contributed by atoms with Crippen LogP contribution in [0.3, 0.4) is 0 Å². The average Bonchev–Trinajstić information content (AvgIpc) is 2.64. The van der Waals surface area contributed by atoms with Gasteiger partial charge in [-0.2, -0.15) is 5.10 Å². The van der Waals surface area contributed by atoms with Crippen LogP contribution in [-0.4, -0.2) is 25.3 Å². The van der Waals surface area contributed by atoms with Crippen LogP contribution in [0.25, 0.3) is 0 Å². The fourth-order valence-electron chi connectivity index (χ4n) is 2.15. The molecule has 0 aliphatic carbocycles. The number of amides is 1. The summed E-state index contributed by atoms with van der Waals surface area (Å²) in [6.45, 7) is 6.81. The van der Waals surface area contributed by atoms with Crippen LogP contribution in [0, 0.1) is 13.8 Å². The predicted molar refractivity (Wildman–Crippen MR) is 104 cm³/mol. The number of hydrazone groups is 1. The Bertz CT molecular complexity index is 739. The fraction of sp³-hybridized carbons (Fsp3) is 0.333. The Morgan fingerprint density at radius 2 is 1.77 bits per heavy atom. The van der Waals surface area contributed by atoms with Gasteiger partial charge in [0.15, 0.2) is 6.61 Å². The summed E-state index contributed by atoms with van der Waals surface area (Å²) in [5.74, 6) is 1.20. The summed E-state index contributed by atoms with van der Waals surface area (Å²) in [6.07, 6.45) is 3.74. The lowest BCUT2D eigenvalue weighted by molar-refractivity contribution is -0.123. The Morgan fingerprint density at radius 1 is 1.04 bits per heavy atom. The number of aryl methyl sites for hydroxylation is 2. The molecule has 0 atom stereocenters. The van der Waals surface area contributed by atoms with Gasteiger partial charge in [-0.3, -0.25) is 4.79 Å². The molecule has 0 saturated carbocycles. The second kappa shape index (κ2) is 10.2. The lowest BCUT2D eigenvalue weighted by Gasteiger charge is -2.07. The number of carbonyl (C=O) groups is 1. The molecule has 0 unspecified atom stereocenters. The molecule has 2 aromatic carbocycles. The van der Waals surface area contributed by atoms with Gasteiger partial charge in [-0.25, -0.2) is 5.43 Å². The summed E-state index contributed by atoms with van der Waals surface area (Å²) in [5.41, 5.74) is 5.65. The molecule has 0 heterocycles. The number of nitrogens with one attached hydrogen (secondary N) is 1. The summed E-state index contributed by atoms with van der Waals surface area (Å²) in [6, 6.07) is 13.3. The third kappa shape index (κ3) is 6.59. The van der Waals surface area contributed by atoms with Crippen LogP contribution in [0.15, 0.2) is 47.6 Å². The molecule has 26 heavy (non-hydrogen) atoms. The number of ether oxygens (including phenoxy) is 2. The molecule has 0 radical (unpaired) electrons. The Labute approximate surface area is 155 Å². The lowest BCUT2D eigenvalue weighted by atomic mass is 10.1. The van der Waals surface area contributed by atoms with Crippen LogP contribution in [0.2, 0.25) is 0 Å². The van der Waals surface area contributed by atoms with Gasteiger partial charge >= 0.3 is 0 Å². The monoisotopic (exact) mass is 354 g/mol. The number of hydrogen-bond acceptors (Lipinski definition) is 4. The summed E-state index contributed by atoms with van der Waals surface area (Å²) < 4.78 is 11.1. The Kier molecular flexibility index (Phi) is 7.68. The number of benzene rings is 2. The third-order valence-electron chi connectivity index (χ3n) is 3.90. The molecule has 2 aromatic rings. The standard InChI is InChI=1S/C21H26N2O3/c1-4-5-12-25-19-10-7-18(8-11-19)14-22-23-21(24)15-26-20-9-6-16(2)17(3)13-20/h6-11,13-14H,4-5,12,15H2,1-3H3,(H,23,24)/b22-14+. The summed E-state index contributed by atoms with van der Waals surface area (Å²) in [7, 11) is 0. The smallest absolute Gasteiger partial charge is 0.277 e. The molecule has 0 aliphatic rings. The quantitative estimate of drug-likeness (QED) is 0.420. The van der Waals surface area contributed by atoms with Gasteiger partial charge in [-0.1, -0.05) is 19.4 Å². The van der Waals surface area contributed by atoms with Crippen LogP contribution in [0.5, 0.6) is 11.5 Å². The second-order valence-corrected chi connectivity index (χ2v) is 6.10. The van der Waals surface area contributed by atoms with E-state index < -0.39 is 0 Å². The van der Waals surface area contributed by atoms with Crippen molar-refractivity contribution >= 4 is 12.1 Å². The fourth-order valence-corrected chi connectivity index (χ4v) is 2.15. The highest BCUT2D eigenvalue weighted by atomic mass is 16.5. The van der Waals surface area contributed by atoms with Crippen LogP contribution in [0.1, 0.15) is 36.5 Å². The first-order valence-corrected chi connectivity index (χ1v) is 8.83. The van der Waals surface area contributed by atoms with Gasteiger partial charge in [0.2, 0.25) is 0 Å². The number of nitrogens with zero attached hydrogens (tertiary/aromatic N) is 1. The van der Waals surface area contributed by atoms with Crippen molar-refractivity contribution in [1.29, 1.82) is 0 Å². The van der Waals surface area contributed by atoms with E-state index >= 15 is 0 Å². The van der Waals surface area contributed by atoms with Crippen LogP contribution in [0.4, 0.5) is 0 Å². The van der Waals surface area contributed by atoms with Gasteiger partial charge < -0.3 is 9.47 Å². The van der Waals surface area contributed by atoms with E-state index in [2.05, 4.69) is 17.5 Å². The minimum absolute atomic E-state index is 0.0793. The zero-order valence-electron chi connectivity index (χ0n) is 15.6. The van der Waals surface area contributed by atoms with Crippen molar-refractivity contribution in [3.05, 3.63) is 59.2 Å². The molecule has 0 spiro atoms. The summed E-state index contributed by atoms with van der Waals surface area (Å²) >= 11 is 0. The molecular formula is C21H26N2O3. The van der Waals surface area contributed by atoms with E-state index in [1.54, 1.807) is 6.21 Å². The van der Waals surface area contributed by atoms with Crippen molar-refractivity contribution in [2.45, 2.75) is 33.6 Å². The molecule has 0 saturated heterocycles. The summed E-state index contributed by atoms with van der Waals surface area (Å²) in [5, 5.41) is 3.95.